The first-order chi connectivity index (χ1) is 16.8. The normalized spacial score (nSPS) is 26.9. The van der Waals surface area contributed by atoms with Crippen molar-refractivity contribution < 1.29 is 9.31 Å². The molecule has 1 aromatic rings. The van der Waals surface area contributed by atoms with Crippen LogP contribution in [0.25, 0.3) is 0 Å². The van der Waals surface area contributed by atoms with Crippen LogP contribution in [0, 0.1) is 0 Å². The largest absolute Gasteiger partial charge is 0.494 e. The zero-order valence-electron chi connectivity index (χ0n) is 21.1. The molecule has 188 valence electrons. The molecule has 0 radical (unpaired) electrons. The van der Waals surface area contributed by atoms with E-state index in [2.05, 4.69) is 45.1 Å². The molecule has 2 heterocycles. The van der Waals surface area contributed by atoms with Crippen molar-refractivity contribution in [3.05, 3.63) is 29.8 Å². The van der Waals surface area contributed by atoms with Gasteiger partial charge in [-0.1, -0.05) is 62.8 Å². The smallest absolute Gasteiger partial charge is 0.399 e. The maximum absolute atomic E-state index is 6.95. The Hall–Kier alpha value is -0.955. The Morgan fingerprint density at radius 3 is 1.79 bits per heavy atom. The lowest BCUT2D eigenvalue weighted by Gasteiger charge is -2.48. The molecule has 6 nitrogen and oxygen atoms in total. The number of fused-ring (bicyclic) bond motifs is 1. The molecule has 1 aromatic carbocycles. The molecule has 34 heavy (non-hydrogen) atoms. The number of hydrogen-bond acceptors (Lipinski definition) is 6. The van der Waals surface area contributed by atoms with Crippen molar-refractivity contribution in [1.29, 1.82) is 0 Å². The molecule has 0 atom stereocenters. The van der Waals surface area contributed by atoms with Crippen molar-refractivity contribution in [2.45, 2.75) is 82.0 Å². The van der Waals surface area contributed by atoms with E-state index in [1.807, 2.05) is 0 Å². The van der Waals surface area contributed by atoms with Crippen molar-refractivity contribution in [3.63, 3.8) is 0 Å². The fourth-order valence-electron chi connectivity index (χ4n) is 6.75. The highest BCUT2D eigenvalue weighted by atomic mass is 16.7. The van der Waals surface area contributed by atoms with Crippen LogP contribution in [0.4, 0.5) is 0 Å². The molecule has 4 fully saturated rings. The van der Waals surface area contributed by atoms with Crippen LogP contribution in [0.2, 0.25) is 0 Å². The topological polar surface area (TPSA) is 57.8 Å². The van der Waals surface area contributed by atoms with Crippen LogP contribution in [0.1, 0.15) is 69.8 Å². The molecule has 2 aliphatic heterocycles. The second-order valence-electron chi connectivity index (χ2n) is 10.9. The van der Waals surface area contributed by atoms with Crippen LogP contribution in [0.3, 0.4) is 0 Å². The van der Waals surface area contributed by atoms with E-state index >= 15 is 0 Å². The van der Waals surface area contributed by atoms with Crippen molar-refractivity contribution in [3.8, 4) is 0 Å². The lowest BCUT2D eigenvalue weighted by atomic mass is 9.66. The first-order valence-corrected chi connectivity index (χ1v) is 14.1. The van der Waals surface area contributed by atoms with E-state index in [9.17, 15) is 0 Å². The van der Waals surface area contributed by atoms with Gasteiger partial charge in [0, 0.05) is 58.9 Å². The molecule has 2 aliphatic carbocycles. The third-order valence-corrected chi connectivity index (χ3v) is 8.61. The van der Waals surface area contributed by atoms with E-state index in [4.69, 9.17) is 9.31 Å². The highest BCUT2D eigenvalue weighted by molar-refractivity contribution is 6.62. The predicted octanol–water partition coefficient (Wildman–Crippen LogP) is 2.42. The minimum atomic E-state index is -0.210. The number of benzene rings is 1. The fraction of sp³-hybridized carbons (Fsp3) is 0.778. The number of nitrogens with zero attached hydrogens (tertiary/aromatic N) is 1. The standard InChI is InChI=1S/C27H45BN4O2/c1-3-10-26(11-4-1)27(12-5-2-6-13-27)34-28(33-26)25-9-7-8-24(22-25)23-32-20-18-30-16-14-29-15-17-31-19-21-32/h7-9,22,29-31H,1-6,10-21,23H2. The molecule has 0 amide bonds. The number of rotatable bonds is 3. The summed E-state index contributed by atoms with van der Waals surface area (Å²) >= 11 is 0. The van der Waals surface area contributed by atoms with Gasteiger partial charge in [-0.25, -0.2) is 0 Å². The summed E-state index contributed by atoms with van der Waals surface area (Å²) < 4.78 is 13.9. The molecule has 5 rings (SSSR count). The third kappa shape index (κ3) is 5.71. The molecule has 3 N–H and O–H groups in total. The molecule has 4 aliphatic rings. The van der Waals surface area contributed by atoms with Gasteiger partial charge in [0.15, 0.2) is 0 Å². The molecular formula is C27H45BN4O2. The summed E-state index contributed by atoms with van der Waals surface area (Å²) in [7, 11) is -0.210. The Kier molecular flexibility index (Phi) is 8.62. The minimum absolute atomic E-state index is 0.0600. The van der Waals surface area contributed by atoms with Crippen LogP contribution >= 0.6 is 0 Å². The SMILES string of the molecule is c1cc(CN2CCNCCNCCNCC2)cc(B2OC3(CCCCC3)C3(CCCCC3)O2)c1. The molecule has 2 spiro atoms. The first kappa shape index (κ1) is 24.7. The third-order valence-electron chi connectivity index (χ3n) is 8.61. The van der Waals surface area contributed by atoms with Gasteiger partial charge in [0.25, 0.3) is 0 Å². The van der Waals surface area contributed by atoms with Crippen LogP contribution in [0.15, 0.2) is 24.3 Å². The second kappa shape index (κ2) is 11.9. The monoisotopic (exact) mass is 468 g/mol. The minimum Gasteiger partial charge on any atom is -0.399 e. The lowest BCUT2D eigenvalue weighted by Crippen LogP contribution is -2.53. The van der Waals surface area contributed by atoms with E-state index < -0.39 is 0 Å². The van der Waals surface area contributed by atoms with Gasteiger partial charge in [0.2, 0.25) is 0 Å². The van der Waals surface area contributed by atoms with Crippen molar-refractivity contribution in [1.82, 2.24) is 20.9 Å². The summed E-state index contributed by atoms with van der Waals surface area (Å²) in [6, 6.07) is 9.05. The summed E-state index contributed by atoms with van der Waals surface area (Å²) in [5, 5.41) is 10.6. The average molecular weight is 468 g/mol. The number of hydrogen-bond donors (Lipinski definition) is 3. The highest BCUT2D eigenvalue weighted by Crippen LogP contribution is 2.53. The zero-order chi connectivity index (χ0) is 23.1. The summed E-state index contributed by atoms with van der Waals surface area (Å²) in [6.07, 6.45) is 12.5. The summed E-state index contributed by atoms with van der Waals surface area (Å²) in [5.74, 6) is 0. The lowest BCUT2D eigenvalue weighted by molar-refractivity contribution is -0.0923. The Morgan fingerprint density at radius 1 is 0.706 bits per heavy atom. The first-order valence-electron chi connectivity index (χ1n) is 14.1. The molecule has 0 bridgehead atoms. The molecular weight excluding hydrogens is 423 g/mol. The van der Waals surface area contributed by atoms with Crippen LogP contribution in [-0.4, -0.2) is 75.6 Å². The predicted molar refractivity (Wildman–Crippen MR) is 140 cm³/mol. The van der Waals surface area contributed by atoms with E-state index in [1.54, 1.807) is 0 Å². The Morgan fingerprint density at radius 2 is 1.24 bits per heavy atom. The molecule has 2 saturated heterocycles. The Balaban J connectivity index is 1.27. The quantitative estimate of drug-likeness (QED) is 0.593. The summed E-state index contributed by atoms with van der Waals surface area (Å²) in [5.41, 5.74) is 2.45. The van der Waals surface area contributed by atoms with Gasteiger partial charge >= 0.3 is 7.12 Å². The van der Waals surface area contributed by atoms with Crippen molar-refractivity contribution in [2.75, 3.05) is 52.4 Å². The van der Waals surface area contributed by atoms with Gasteiger partial charge in [-0.2, -0.15) is 0 Å². The van der Waals surface area contributed by atoms with Crippen LogP contribution in [0.5, 0.6) is 0 Å². The fourth-order valence-corrected chi connectivity index (χ4v) is 6.75. The van der Waals surface area contributed by atoms with Gasteiger partial charge < -0.3 is 25.3 Å². The van der Waals surface area contributed by atoms with E-state index in [1.165, 1.54) is 75.2 Å². The molecule has 0 aromatic heterocycles. The van der Waals surface area contributed by atoms with E-state index in [0.29, 0.717) is 0 Å². The maximum atomic E-state index is 6.95. The zero-order valence-corrected chi connectivity index (χ0v) is 21.1. The molecule has 0 unspecified atom stereocenters. The van der Waals surface area contributed by atoms with Gasteiger partial charge in [-0.15, -0.1) is 0 Å². The van der Waals surface area contributed by atoms with E-state index in [-0.39, 0.29) is 18.3 Å². The number of nitrogens with one attached hydrogen (secondary N) is 3. The Labute approximate surface area is 207 Å². The maximum Gasteiger partial charge on any atom is 0.494 e. The van der Waals surface area contributed by atoms with Gasteiger partial charge in [-0.05, 0) is 36.7 Å². The second-order valence-corrected chi connectivity index (χ2v) is 10.9. The molecule has 7 heteroatoms. The summed E-state index contributed by atoms with van der Waals surface area (Å²) in [4.78, 5) is 2.57. The van der Waals surface area contributed by atoms with E-state index in [0.717, 1.165) is 58.9 Å². The van der Waals surface area contributed by atoms with Crippen LogP contribution < -0.4 is 21.4 Å². The summed E-state index contributed by atoms with van der Waals surface area (Å²) in [6.45, 7) is 9.29. The Bertz CT molecular complexity index is 729. The van der Waals surface area contributed by atoms with Gasteiger partial charge in [0.05, 0.1) is 11.2 Å². The van der Waals surface area contributed by atoms with Crippen LogP contribution in [-0.2, 0) is 15.9 Å². The van der Waals surface area contributed by atoms with Gasteiger partial charge in [-0.3, -0.25) is 4.90 Å². The molecule has 2 saturated carbocycles. The highest BCUT2D eigenvalue weighted by Gasteiger charge is 2.61. The average Bonchev–Trinajstić information content (AvgIpc) is 3.14. The van der Waals surface area contributed by atoms with Crippen molar-refractivity contribution in [2.24, 2.45) is 0 Å². The van der Waals surface area contributed by atoms with Crippen molar-refractivity contribution >= 4 is 12.6 Å². The van der Waals surface area contributed by atoms with Gasteiger partial charge in [0.1, 0.15) is 0 Å².